The number of allylic oxidation sites excluding steroid dienone is 2. The molecule has 3 heterocycles. The van der Waals surface area contributed by atoms with Crippen LogP contribution >= 0.6 is 11.6 Å². The largest absolute Gasteiger partial charge is 0.388 e. The minimum absolute atomic E-state index is 0.0811. The second-order valence-electron chi connectivity index (χ2n) is 12.3. The first kappa shape index (κ1) is 23.2. The highest BCUT2D eigenvalue weighted by Gasteiger charge is 2.73. The molecule has 1 aromatic carbocycles. The third-order valence-electron chi connectivity index (χ3n) is 10.5. The van der Waals surface area contributed by atoms with E-state index in [-0.39, 0.29) is 17.4 Å². The molecule has 192 valence electrons. The van der Waals surface area contributed by atoms with E-state index in [1.165, 1.54) is 11.1 Å². The van der Waals surface area contributed by atoms with Crippen LogP contribution in [0.15, 0.2) is 35.9 Å². The SMILES string of the molecule is CN(C)[C@H]1C[C@@]23CC[C@]4(O2)C2CC=C(c5ccc6c(N)n[nH]c6c5)[C@@]2(C)CCC4(Cl)C=C3[C@@H](O)[C@@H]1O. The van der Waals surface area contributed by atoms with Gasteiger partial charge < -0.3 is 25.6 Å². The molecule has 7 rings (SSSR count). The molecule has 0 radical (unpaired) electrons. The Morgan fingerprint density at radius 1 is 1.19 bits per heavy atom. The maximum Gasteiger partial charge on any atom is 0.153 e. The molecule has 2 aromatic rings. The van der Waals surface area contributed by atoms with Gasteiger partial charge in [-0.1, -0.05) is 25.1 Å². The molecule has 5 N–H and O–H groups in total. The van der Waals surface area contributed by atoms with Gasteiger partial charge in [-0.2, -0.15) is 5.10 Å². The average Bonchev–Trinajstić information content (AvgIpc) is 3.50. The fourth-order valence-electron chi connectivity index (χ4n) is 8.64. The number of halogens is 1. The highest BCUT2D eigenvalue weighted by atomic mass is 35.5. The zero-order valence-electron chi connectivity index (χ0n) is 21.1. The van der Waals surface area contributed by atoms with E-state index < -0.39 is 28.3 Å². The number of hydrogen-bond donors (Lipinski definition) is 4. The number of alkyl halides is 1. The molecule has 3 aliphatic carbocycles. The Balaban J connectivity index is 1.30. The Morgan fingerprint density at radius 3 is 2.78 bits per heavy atom. The summed E-state index contributed by atoms with van der Waals surface area (Å²) in [5.74, 6) is 0.752. The van der Waals surface area contributed by atoms with E-state index >= 15 is 0 Å². The maximum atomic E-state index is 11.2. The Bertz CT molecular complexity index is 1340. The number of aromatic nitrogens is 2. The van der Waals surface area contributed by atoms with Gasteiger partial charge in [-0.3, -0.25) is 5.10 Å². The van der Waals surface area contributed by atoms with Crippen LogP contribution in [0.1, 0.15) is 51.0 Å². The quantitative estimate of drug-likeness (QED) is 0.363. The zero-order chi connectivity index (χ0) is 25.3. The van der Waals surface area contributed by atoms with E-state index in [1.54, 1.807) is 0 Å². The van der Waals surface area contributed by atoms with Crippen molar-refractivity contribution < 1.29 is 14.9 Å². The summed E-state index contributed by atoms with van der Waals surface area (Å²) in [5.41, 5.74) is 9.14. The number of benzene rings is 1. The molecule has 5 aliphatic rings. The number of nitrogens with zero attached hydrogens (tertiary/aromatic N) is 2. The number of fused-ring (bicyclic) bond motifs is 2. The van der Waals surface area contributed by atoms with E-state index in [2.05, 4.69) is 47.5 Å². The summed E-state index contributed by atoms with van der Waals surface area (Å²) in [6, 6.07) is 6.20. The standard InChI is InChI=1S/C28H35ClN4O3/c1-25-8-10-27(29)13-18-22(34)23(35)20(33(2)3)14-26(18)9-11-28(27,36-26)21(25)7-6-17(25)15-4-5-16-19(12-15)31-32-24(16)30/h4-6,12-13,20-23,34-35H,7-11,14H2,1-3H3,(H3,30,31,32)/t20-,21?,22+,23+,25+,26+,27?,28-/m0/s1. The number of hydrogen-bond acceptors (Lipinski definition) is 6. The first-order valence-electron chi connectivity index (χ1n) is 13.1. The van der Waals surface area contributed by atoms with Crippen molar-refractivity contribution in [2.75, 3.05) is 19.8 Å². The van der Waals surface area contributed by atoms with Crippen LogP contribution in [0.5, 0.6) is 0 Å². The molecule has 36 heavy (non-hydrogen) atoms. The van der Waals surface area contributed by atoms with Crippen LogP contribution in [0.3, 0.4) is 0 Å². The lowest BCUT2D eigenvalue weighted by molar-refractivity contribution is -0.199. The Labute approximate surface area is 216 Å². The second-order valence-corrected chi connectivity index (χ2v) is 13.0. The number of ether oxygens (including phenoxy) is 1. The first-order chi connectivity index (χ1) is 17.0. The van der Waals surface area contributed by atoms with Gasteiger partial charge in [-0.25, -0.2) is 0 Å². The van der Waals surface area contributed by atoms with Crippen LogP contribution in [0, 0.1) is 11.3 Å². The smallest absolute Gasteiger partial charge is 0.153 e. The summed E-state index contributed by atoms with van der Waals surface area (Å²) >= 11 is 7.54. The molecule has 2 unspecified atom stereocenters. The number of nitrogen functional groups attached to an aromatic ring is 1. The minimum atomic E-state index is -0.961. The van der Waals surface area contributed by atoms with Gasteiger partial charge in [0.1, 0.15) is 6.10 Å². The molecule has 7 nitrogen and oxygen atoms in total. The van der Waals surface area contributed by atoms with E-state index in [9.17, 15) is 10.2 Å². The summed E-state index contributed by atoms with van der Waals surface area (Å²) in [6.07, 6.45) is 7.63. The predicted octanol–water partition coefficient (Wildman–Crippen LogP) is 3.61. The monoisotopic (exact) mass is 510 g/mol. The van der Waals surface area contributed by atoms with Gasteiger partial charge in [0.25, 0.3) is 0 Å². The van der Waals surface area contributed by atoms with Gasteiger partial charge in [0.05, 0.1) is 27.7 Å². The van der Waals surface area contributed by atoms with Crippen molar-refractivity contribution >= 4 is 33.9 Å². The predicted molar refractivity (Wildman–Crippen MR) is 140 cm³/mol. The molecule has 2 spiro atoms. The molecule has 3 fully saturated rings. The first-order valence-corrected chi connectivity index (χ1v) is 13.5. The summed E-state index contributed by atoms with van der Waals surface area (Å²) in [4.78, 5) is 1.32. The number of nitrogens with two attached hydrogens (primary N) is 1. The third-order valence-corrected chi connectivity index (χ3v) is 11.2. The van der Waals surface area contributed by atoms with Crippen molar-refractivity contribution in [3.63, 3.8) is 0 Å². The lowest BCUT2D eigenvalue weighted by atomic mass is 9.54. The number of nitrogens with one attached hydrogen (secondary N) is 1. The molecule has 8 heteroatoms. The van der Waals surface area contributed by atoms with Gasteiger partial charge in [0.15, 0.2) is 5.82 Å². The Hall–Kier alpha value is -1.90. The van der Waals surface area contributed by atoms with Crippen LogP contribution in [-0.4, -0.2) is 73.7 Å². The zero-order valence-corrected chi connectivity index (χ0v) is 21.8. The van der Waals surface area contributed by atoms with Crippen molar-refractivity contribution in [1.82, 2.24) is 15.1 Å². The van der Waals surface area contributed by atoms with E-state index in [1.807, 2.05) is 19.0 Å². The van der Waals surface area contributed by atoms with Crippen LogP contribution < -0.4 is 5.73 Å². The van der Waals surface area contributed by atoms with Gasteiger partial charge >= 0.3 is 0 Å². The van der Waals surface area contributed by atoms with Gasteiger partial charge in [-0.15, -0.1) is 11.6 Å². The fraction of sp³-hybridized carbons (Fsp3) is 0.607. The second kappa shape index (κ2) is 7.14. The lowest BCUT2D eigenvalue weighted by Gasteiger charge is -2.61. The number of aromatic amines is 1. The Kier molecular flexibility index (Phi) is 4.61. The highest BCUT2D eigenvalue weighted by Crippen LogP contribution is 2.71. The van der Waals surface area contributed by atoms with E-state index in [0.717, 1.165) is 48.6 Å². The van der Waals surface area contributed by atoms with Crippen molar-refractivity contribution in [3.05, 3.63) is 41.5 Å². The van der Waals surface area contributed by atoms with Gasteiger partial charge in [-0.05, 0) is 86.9 Å². The lowest BCUT2D eigenvalue weighted by Crippen LogP contribution is -2.68. The summed E-state index contributed by atoms with van der Waals surface area (Å²) < 4.78 is 7.26. The normalized spacial score (nSPS) is 45.3. The third kappa shape index (κ3) is 2.66. The number of anilines is 1. The average molecular weight is 511 g/mol. The molecule has 1 aromatic heterocycles. The number of aliphatic hydroxyl groups is 2. The summed E-state index contributed by atoms with van der Waals surface area (Å²) in [6.45, 7) is 2.38. The van der Waals surface area contributed by atoms with Crippen LogP contribution in [0.25, 0.3) is 16.5 Å². The van der Waals surface area contributed by atoms with Crippen molar-refractivity contribution in [2.45, 2.75) is 79.8 Å². The molecule has 8 atom stereocenters. The summed E-state index contributed by atoms with van der Waals surface area (Å²) in [7, 11) is 3.92. The summed E-state index contributed by atoms with van der Waals surface area (Å²) in [5, 5.41) is 30.3. The minimum Gasteiger partial charge on any atom is -0.388 e. The number of likely N-dealkylation sites (N-methyl/N-ethyl adjacent to an activating group) is 1. The topological polar surface area (TPSA) is 108 Å². The van der Waals surface area contributed by atoms with E-state index in [4.69, 9.17) is 22.1 Å². The number of aliphatic hydroxyl groups excluding tert-OH is 2. The highest BCUT2D eigenvalue weighted by molar-refractivity contribution is 6.26. The van der Waals surface area contributed by atoms with Crippen molar-refractivity contribution in [2.24, 2.45) is 11.3 Å². The molecular formula is C28H35ClN4O3. The van der Waals surface area contributed by atoms with Gasteiger partial charge in [0.2, 0.25) is 0 Å². The maximum absolute atomic E-state index is 11.2. The molecule has 1 saturated heterocycles. The molecule has 2 bridgehead atoms. The van der Waals surface area contributed by atoms with Crippen LogP contribution in [0.4, 0.5) is 5.82 Å². The van der Waals surface area contributed by atoms with Crippen LogP contribution in [0.2, 0.25) is 0 Å². The van der Waals surface area contributed by atoms with Crippen molar-refractivity contribution in [3.8, 4) is 0 Å². The Morgan fingerprint density at radius 2 is 2.00 bits per heavy atom. The van der Waals surface area contributed by atoms with Crippen molar-refractivity contribution in [1.29, 1.82) is 0 Å². The number of rotatable bonds is 2. The molecular weight excluding hydrogens is 476 g/mol. The van der Waals surface area contributed by atoms with Crippen LogP contribution in [-0.2, 0) is 4.74 Å². The van der Waals surface area contributed by atoms with Gasteiger partial charge in [0, 0.05) is 17.3 Å². The number of H-pyrrole nitrogens is 1. The fourth-order valence-corrected chi connectivity index (χ4v) is 9.12. The van der Waals surface area contributed by atoms with E-state index in [0.29, 0.717) is 12.2 Å². The molecule has 2 saturated carbocycles. The molecule has 2 aliphatic heterocycles. The molecule has 0 amide bonds.